The molecule has 4 rings (SSSR count). The summed E-state index contributed by atoms with van der Waals surface area (Å²) in [6, 6.07) is 0.0882. The second-order valence-corrected chi connectivity index (χ2v) is 9.09. The first kappa shape index (κ1) is 20.2. The van der Waals surface area contributed by atoms with Crippen LogP contribution in [0.25, 0.3) is 10.9 Å². The van der Waals surface area contributed by atoms with E-state index in [4.69, 9.17) is 5.73 Å². The lowest BCUT2D eigenvalue weighted by atomic mass is 10.1. The number of carboxylic acid groups (broad SMARTS) is 1. The van der Waals surface area contributed by atoms with Gasteiger partial charge in [0.05, 0.1) is 26.8 Å². The van der Waals surface area contributed by atoms with Gasteiger partial charge in [-0.15, -0.1) is 0 Å². The molecule has 1 unspecified atom stereocenters. The molecule has 2 aliphatic rings. The molecule has 9 heteroatoms. The van der Waals surface area contributed by atoms with E-state index >= 15 is 4.39 Å². The number of aromatic carboxylic acids is 1. The van der Waals surface area contributed by atoms with E-state index in [1.165, 1.54) is 6.20 Å². The molecule has 29 heavy (non-hydrogen) atoms. The Morgan fingerprint density at radius 1 is 1.38 bits per heavy atom. The first-order valence-electron chi connectivity index (χ1n) is 9.69. The van der Waals surface area contributed by atoms with Gasteiger partial charge in [-0.25, -0.2) is 9.18 Å². The van der Waals surface area contributed by atoms with Crippen LogP contribution in [-0.4, -0.2) is 54.3 Å². The first-order chi connectivity index (χ1) is 13.7. The molecule has 2 fully saturated rings. The molecule has 0 radical (unpaired) electrons. The Kier molecular flexibility index (Phi) is 5.06. The van der Waals surface area contributed by atoms with E-state index in [1.807, 2.05) is 19.0 Å². The molecule has 0 spiro atoms. The summed E-state index contributed by atoms with van der Waals surface area (Å²) >= 11 is 3.54. The van der Waals surface area contributed by atoms with E-state index < -0.39 is 17.2 Å². The third-order valence-electron chi connectivity index (χ3n) is 5.76. The average molecular weight is 467 g/mol. The summed E-state index contributed by atoms with van der Waals surface area (Å²) in [5, 5.41) is 9.38. The SMILES string of the molecule is CN(C)CC1CCN(c2c(F)c(N)c3c(=O)c(C(=O)O)cn(C4CC4)c3c2Br)C1. The predicted octanol–water partition coefficient (Wildman–Crippen LogP) is 2.91. The van der Waals surface area contributed by atoms with E-state index in [-0.39, 0.29) is 22.7 Å². The Labute approximate surface area is 176 Å². The van der Waals surface area contributed by atoms with Gasteiger partial charge in [-0.05, 0) is 55.2 Å². The highest BCUT2D eigenvalue weighted by molar-refractivity contribution is 9.10. The molecule has 2 aromatic rings. The van der Waals surface area contributed by atoms with Gasteiger partial charge >= 0.3 is 5.97 Å². The molecule has 1 aliphatic heterocycles. The van der Waals surface area contributed by atoms with Crippen molar-refractivity contribution in [2.75, 3.05) is 44.4 Å². The minimum absolute atomic E-state index is 0.0611. The number of nitrogens with two attached hydrogens (primary N) is 1. The fourth-order valence-electron chi connectivity index (χ4n) is 4.32. The highest BCUT2D eigenvalue weighted by atomic mass is 79.9. The molecule has 0 bridgehead atoms. The Hall–Kier alpha value is -2.13. The fourth-order valence-corrected chi connectivity index (χ4v) is 5.15. The quantitative estimate of drug-likeness (QED) is 0.658. The van der Waals surface area contributed by atoms with Crippen LogP contribution in [0.4, 0.5) is 15.8 Å². The van der Waals surface area contributed by atoms with Gasteiger partial charge in [0.2, 0.25) is 5.43 Å². The number of hydrogen-bond acceptors (Lipinski definition) is 5. The number of rotatable bonds is 5. The van der Waals surface area contributed by atoms with Crippen molar-refractivity contribution in [1.82, 2.24) is 9.47 Å². The summed E-state index contributed by atoms with van der Waals surface area (Å²) in [4.78, 5) is 28.5. The normalized spacial score (nSPS) is 19.5. The molecule has 1 atom stereocenters. The number of aromatic nitrogens is 1. The number of hydrogen-bond donors (Lipinski definition) is 2. The van der Waals surface area contributed by atoms with Gasteiger partial charge in [-0.2, -0.15) is 0 Å². The van der Waals surface area contributed by atoms with Crippen molar-refractivity contribution in [3.05, 3.63) is 32.3 Å². The molecule has 1 saturated carbocycles. The van der Waals surface area contributed by atoms with Crippen molar-refractivity contribution < 1.29 is 14.3 Å². The second kappa shape index (κ2) is 7.28. The third kappa shape index (κ3) is 3.40. The summed E-state index contributed by atoms with van der Waals surface area (Å²) < 4.78 is 17.6. The molecule has 2 heterocycles. The van der Waals surface area contributed by atoms with Crippen molar-refractivity contribution in [2.45, 2.75) is 25.3 Å². The van der Waals surface area contributed by atoms with Gasteiger partial charge in [-0.1, -0.05) is 0 Å². The number of benzene rings is 1. The fraction of sp³-hybridized carbons (Fsp3) is 0.500. The molecule has 156 valence electrons. The topological polar surface area (TPSA) is 91.8 Å². The standard InChI is InChI=1S/C20H24BrFN4O3/c1-24(2)7-10-5-6-25(8-10)18-14(21)17-13(16(23)15(18)22)19(27)12(20(28)29)9-26(17)11-3-4-11/h9-11H,3-8,23H2,1-2H3,(H,28,29). The largest absolute Gasteiger partial charge is 0.477 e. The minimum Gasteiger partial charge on any atom is -0.477 e. The number of carboxylic acids is 1. The van der Waals surface area contributed by atoms with Gasteiger partial charge in [0.1, 0.15) is 5.56 Å². The number of carbonyl (C=O) groups is 1. The molecule has 7 nitrogen and oxygen atoms in total. The molecule has 0 amide bonds. The molecule has 1 saturated heterocycles. The summed E-state index contributed by atoms with van der Waals surface area (Å²) in [5.74, 6) is -1.59. The van der Waals surface area contributed by atoms with Crippen LogP contribution in [0, 0.1) is 11.7 Å². The smallest absolute Gasteiger partial charge is 0.341 e. The zero-order valence-electron chi connectivity index (χ0n) is 16.4. The molecule has 1 aromatic carbocycles. The third-order valence-corrected chi connectivity index (χ3v) is 6.51. The highest BCUT2D eigenvalue weighted by Crippen LogP contribution is 2.45. The predicted molar refractivity (Wildman–Crippen MR) is 114 cm³/mol. The maximum Gasteiger partial charge on any atom is 0.341 e. The van der Waals surface area contributed by atoms with Crippen molar-refractivity contribution in [2.24, 2.45) is 5.92 Å². The van der Waals surface area contributed by atoms with Crippen molar-refractivity contribution in [1.29, 1.82) is 0 Å². The number of nitrogen functional groups attached to an aromatic ring is 1. The van der Waals surface area contributed by atoms with Gasteiger partial charge < -0.3 is 25.2 Å². The number of halogens is 2. The molecule has 1 aliphatic carbocycles. The van der Waals surface area contributed by atoms with Gasteiger partial charge in [0.15, 0.2) is 5.82 Å². The van der Waals surface area contributed by atoms with Crippen LogP contribution < -0.4 is 16.1 Å². The Morgan fingerprint density at radius 2 is 2.07 bits per heavy atom. The summed E-state index contributed by atoms with van der Waals surface area (Å²) in [5.41, 5.74) is 5.51. The second-order valence-electron chi connectivity index (χ2n) is 8.29. The lowest BCUT2D eigenvalue weighted by Crippen LogP contribution is -2.27. The van der Waals surface area contributed by atoms with E-state index in [9.17, 15) is 14.7 Å². The number of anilines is 2. The zero-order chi connectivity index (χ0) is 21.0. The summed E-state index contributed by atoms with van der Waals surface area (Å²) in [6.07, 6.45) is 4.07. The summed E-state index contributed by atoms with van der Waals surface area (Å²) in [7, 11) is 4.03. The van der Waals surface area contributed by atoms with E-state index in [2.05, 4.69) is 20.8 Å². The maximum atomic E-state index is 15.4. The van der Waals surface area contributed by atoms with Crippen molar-refractivity contribution in [3.8, 4) is 0 Å². The van der Waals surface area contributed by atoms with Gasteiger partial charge in [-0.3, -0.25) is 4.79 Å². The van der Waals surface area contributed by atoms with E-state index in [0.717, 1.165) is 25.8 Å². The molecule has 1 aromatic heterocycles. The molecular weight excluding hydrogens is 443 g/mol. The number of nitrogens with zero attached hydrogens (tertiary/aromatic N) is 3. The minimum atomic E-state index is -1.34. The van der Waals surface area contributed by atoms with Crippen LogP contribution in [0.1, 0.15) is 35.7 Å². The Balaban J connectivity index is 1.93. The van der Waals surface area contributed by atoms with E-state index in [1.54, 1.807) is 4.57 Å². The Morgan fingerprint density at radius 3 is 2.66 bits per heavy atom. The lowest BCUT2D eigenvalue weighted by molar-refractivity contribution is 0.0695. The number of fused-ring (bicyclic) bond motifs is 1. The van der Waals surface area contributed by atoms with E-state index in [0.29, 0.717) is 34.7 Å². The highest BCUT2D eigenvalue weighted by Gasteiger charge is 2.33. The lowest BCUT2D eigenvalue weighted by Gasteiger charge is -2.25. The van der Waals surface area contributed by atoms with Crippen LogP contribution in [0.15, 0.2) is 15.5 Å². The van der Waals surface area contributed by atoms with Gasteiger partial charge in [0.25, 0.3) is 0 Å². The van der Waals surface area contributed by atoms with Crippen LogP contribution in [-0.2, 0) is 0 Å². The van der Waals surface area contributed by atoms with Crippen LogP contribution >= 0.6 is 15.9 Å². The first-order valence-corrected chi connectivity index (χ1v) is 10.5. The van der Waals surface area contributed by atoms with Crippen LogP contribution in [0.5, 0.6) is 0 Å². The molecular formula is C20H24BrFN4O3. The van der Waals surface area contributed by atoms with Crippen LogP contribution in [0.3, 0.4) is 0 Å². The van der Waals surface area contributed by atoms with Gasteiger partial charge in [0, 0.05) is 31.9 Å². The maximum absolute atomic E-state index is 15.4. The Bertz CT molecular complexity index is 1060. The zero-order valence-corrected chi connectivity index (χ0v) is 18.0. The van der Waals surface area contributed by atoms with Crippen LogP contribution in [0.2, 0.25) is 0 Å². The van der Waals surface area contributed by atoms with Crippen molar-refractivity contribution >= 4 is 44.2 Å². The number of pyridine rings is 1. The average Bonchev–Trinajstić information content (AvgIpc) is 3.39. The van der Waals surface area contributed by atoms with Crippen molar-refractivity contribution in [3.63, 3.8) is 0 Å². The molecule has 3 N–H and O–H groups in total. The summed E-state index contributed by atoms with van der Waals surface area (Å²) in [6.45, 7) is 2.30. The monoisotopic (exact) mass is 466 g/mol.